The highest BCUT2D eigenvalue weighted by Crippen LogP contribution is 2.30. The first-order chi connectivity index (χ1) is 7.63. The van der Waals surface area contributed by atoms with Crippen LogP contribution in [0, 0.1) is 5.92 Å². The topological polar surface area (TPSA) is 24.9 Å². The van der Waals surface area contributed by atoms with Gasteiger partial charge in [-0.05, 0) is 18.9 Å². The second kappa shape index (κ2) is 6.36. The summed E-state index contributed by atoms with van der Waals surface area (Å²) in [4.78, 5) is 4.75. The number of nitrogens with one attached hydrogen (secondary N) is 1. The van der Waals surface area contributed by atoms with Crippen LogP contribution in [0.15, 0.2) is 5.38 Å². The quantitative estimate of drug-likeness (QED) is 0.814. The van der Waals surface area contributed by atoms with Crippen LogP contribution < -0.4 is 5.32 Å². The van der Waals surface area contributed by atoms with Gasteiger partial charge in [-0.1, -0.05) is 40.5 Å². The van der Waals surface area contributed by atoms with Crippen LogP contribution in [0.5, 0.6) is 0 Å². The average Bonchev–Trinajstić information content (AvgIpc) is 2.74. The van der Waals surface area contributed by atoms with Crippen molar-refractivity contribution >= 4 is 11.3 Å². The lowest BCUT2D eigenvalue weighted by atomic mass is 9.94. The van der Waals surface area contributed by atoms with Crippen LogP contribution in [-0.4, -0.2) is 12.0 Å². The molecule has 0 spiro atoms. The Morgan fingerprint density at radius 3 is 2.31 bits per heavy atom. The maximum atomic E-state index is 4.75. The lowest BCUT2D eigenvalue weighted by Gasteiger charge is -2.22. The highest BCUT2D eigenvalue weighted by atomic mass is 32.1. The molecule has 0 fully saturated rings. The molecule has 1 atom stereocenters. The number of aromatic nitrogens is 1. The maximum Gasteiger partial charge on any atom is 0.110 e. The molecule has 0 aliphatic heterocycles. The monoisotopic (exact) mass is 240 g/mol. The minimum Gasteiger partial charge on any atom is -0.311 e. The fraction of sp³-hybridized carbons (Fsp3) is 0.769. The lowest BCUT2D eigenvalue weighted by Crippen LogP contribution is -2.24. The molecule has 0 aliphatic carbocycles. The van der Waals surface area contributed by atoms with E-state index in [4.69, 9.17) is 4.98 Å². The largest absolute Gasteiger partial charge is 0.311 e. The smallest absolute Gasteiger partial charge is 0.110 e. The number of hydrogen-bond acceptors (Lipinski definition) is 3. The standard InChI is InChI=1S/C13H24N2S/c1-6-10(7-2)12(14-5)13-15-11(8-16-13)9(3)4/h8-10,12,14H,6-7H2,1-5H3. The predicted octanol–water partition coefficient (Wildman–Crippen LogP) is 3.96. The van der Waals surface area contributed by atoms with Crippen molar-refractivity contribution in [3.63, 3.8) is 0 Å². The van der Waals surface area contributed by atoms with Gasteiger partial charge >= 0.3 is 0 Å². The van der Waals surface area contributed by atoms with Crippen LogP contribution >= 0.6 is 11.3 Å². The van der Waals surface area contributed by atoms with Crippen LogP contribution in [0.2, 0.25) is 0 Å². The van der Waals surface area contributed by atoms with Gasteiger partial charge < -0.3 is 5.32 Å². The van der Waals surface area contributed by atoms with Crippen molar-refractivity contribution in [2.75, 3.05) is 7.05 Å². The lowest BCUT2D eigenvalue weighted by molar-refractivity contribution is 0.358. The van der Waals surface area contributed by atoms with Crippen molar-refractivity contribution in [2.45, 2.75) is 52.5 Å². The van der Waals surface area contributed by atoms with E-state index in [9.17, 15) is 0 Å². The Morgan fingerprint density at radius 2 is 1.94 bits per heavy atom. The molecule has 0 aromatic carbocycles. The van der Waals surface area contributed by atoms with Crippen molar-refractivity contribution in [3.8, 4) is 0 Å². The third-order valence-corrected chi connectivity index (χ3v) is 4.17. The van der Waals surface area contributed by atoms with E-state index >= 15 is 0 Å². The van der Waals surface area contributed by atoms with Gasteiger partial charge in [-0.15, -0.1) is 11.3 Å². The molecule has 1 unspecified atom stereocenters. The van der Waals surface area contributed by atoms with Gasteiger partial charge in [-0.2, -0.15) is 0 Å². The summed E-state index contributed by atoms with van der Waals surface area (Å²) < 4.78 is 0. The zero-order valence-corrected chi connectivity index (χ0v) is 11.9. The maximum absolute atomic E-state index is 4.75. The Bertz CT molecular complexity index is 303. The van der Waals surface area contributed by atoms with Crippen LogP contribution in [0.1, 0.15) is 63.2 Å². The Labute approximate surface area is 103 Å². The predicted molar refractivity (Wildman–Crippen MR) is 72.1 cm³/mol. The summed E-state index contributed by atoms with van der Waals surface area (Å²) in [7, 11) is 2.04. The summed E-state index contributed by atoms with van der Waals surface area (Å²) in [6.07, 6.45) is 2.41. The van der Waals surface area contributed by atoms with Gasteiger partial charge in [0.05, 0.1) is 11.7 Å². The third kappa shape index (κ3) is 3.05. The van der Waals surface area contributed by atoms with E-state index in [-0.39, 0.29) is 0 Å². The SMILES string of the molecule is CCC(CC)C(NC)c1nc(C(C)C)cs1. The van der Waals surface area contributed by atoms with Gasteiger partial charge in [0.25, 0.3) is 0 Å². The molecule has 2 nitrogen and oxygen atoms in total. The zero-order chi connectivity index (χ0) is 12.1. The highest BCUT2D eigenvalue weighted by molar-refractivity contribution is 7.09. The molecule has 1 aromatic heterocycles. The Hall–Kier alpha value is -0.410. The Kier molecular flexibility index (Phi) is 5.42. The van der Waals surface area contributed by atoms with Crippen molar-refractivity contribution in [1.82, 2.24) is 10.3 Å². The van der Waals surface area contributed by atoms with Crippen molar-refractivity contribution in [1.29, 1.82) is 0 Å². The van der Waals surface area contributed by atoms with E-state index in [1.54, 1.807) is 11.3 Å². The van der Waals surface area contributed by atoms with Crippen molar-refractivity contribution < 1.29 is 0 Å². The number of hydrogen-bond donors (Lipinski definition) is 1. The molecule has 16 heavy (non-hydrogen) atoms. The first-order valence-corrected chi connectivity index (χ1v) is 7.14. The van der Waals surface area contributed by atoms with Crippen molar-refractivity contribution in [3.05, 3.63) is 16.1 Å². The van der Waals surface area contributed by atoms with Crippen LogP contribution in [0.25, 0.3) is 0 Å². The van der Waals surface area contributed by atoms with Gasteiger partial charge in [0.2, 0.25) is 0 Å². The van der Waals surface area contributed by atoms with E-state index in [0.29, 0.717) is 17.9 Å². The van der Waals surface area contributed by atoms with Gasteiger partial charge in [0, 0.05) is 5.38 Å². The second-order valence-electron chi connectivity index (χ2n) is 4.61. The average molecular weight is 240 g/mol. The first kappa shape index (κ1) is 13.7. The Morgan fingerprint density at radius 1 is 1.31 bits per heavy atom. The van der Waals surface area contributed by atoms with Crippen molar-refractivity contribution in [2.24, 2.45) is 5.92 Å². The summed E-state index contributed by atoms with van der Waals surface area (Å²) in [5, 5.41) is 6.87. The molecular formula is C13H24N2S. The molecule has 3 heteroatoms. The molecule has 0 bridgehead atoms. The second-order valence-corrected chi connectivity index (χ2v) is 5.50. The zero-order valence-electron chi connectivity index (χ0n) is 11.1. The van der Waals surface area contributed by atoms with E-state index in [1.165, 1.54) is 23.5 Å². The molecule has 92 valence electrons. The van der Waals surface area contributed by atoms with Crippen LogP contribution in [0.4, 0.5) is 0 Å². The molecule has 1 aromatic rings. The summed E-state index contributed by atoms with van der Waals surface area (Å²) in [5.41, 5.74) is 1.23. The Balaban J connectivity index is 2.85. The molecule has 1 heterocycles. The molecule has 1 N–H and O–H groups in total. The molecule has 0 saturated carbocycles. The fourth-order valence-corrected chi connectivity index (χ4v) is 3.21. The molecule has 1 rings (SSSR count). The van der Waals surface area contributed by atoms with Crippen LogP contribution in [0.3, 0.4) is 0 Å². The van der Waals surface area contributed by atoms with E-state index in [0.717, 1.165) is 0 Å². The van der Waals surface area contributed by atoms with E-state index in [1.807, 2.05) is 7.05 Å². The van der Waals surface area contributed by atoms with Gasteiger partial charge in [-0.3, -0.25) is 0 Å². The van der Waals surface area contributed by atoms with E-state index in [2.05, 4.69) is 38.4 Å². The third-order valence-electron chi connectivity index (χ3n) is 3.23. The number of thiazole rings is 1. The van der Waals surface area contributed by atoms with Crippen LogP contribution in [-0.2, 0) is 0 Å². The van der Waals surface area contributed by atoms with E-state index < -0.39 is 0 Å². The summed E-state index contributed by atoms with van der Waals surface area (Å²) >= 11 is 1.80. The highest BCUT2D eigenvalue weighted by Gasteiger charge is 2.21. The summed E-state index contributed by atoms with van der Waals surface area (Å²) in [6, 6.07) is 0.424. The molecule has 0 amide bonds. The molecule has 0 aliphatic rings. The van der Waals surface area contributed by atoms with Gasteiger partial charge in [0.15, 0.2) is 0 Å². The summed E-state index contributed by atoms with van der Waals surface area (Å²) in [6.45, 7) is 8.92. The molecular weight excluding hydrogens is 216 g/mol. The molecule has 0 saturated heterocycles. The van der Waals surface area contributed by atoms with Gasteiger partial charge in [0.1, 0.15) is 5.01 Å². The normalized spacial score (nSPS) is 13.7. The van der Waals surface area contributed by atoms with Gasteiger partial charge in [-0.25, -0.2) is 4.98 Å². The summed E-state index contributed by atoms with van der Waals surface area (Å²) in [5.74, 6) is 1.22. The molecule has 0 radical (unpaired) electrons. The minimum absolute atomic E-state index is 0.424. The minimum atomic E-state index is 0.424. The fourth-order valence-electron chi connectivity index (χ4n) is 2.03. The first-order valence-electron chi connectivity index (χ1n) is 6.26. The number of nitrogens with zero attached hydrogens (tertiary/aromatic N) is 1. The number of rotatable bonds is 6.